The Morgan fingerprint density at radius 2 is 2.21 bits per heavy atom. The summed E-state index contributed by atoms with van der Waals surface area (Å²) in [5.74, 6) is 1.09. The van der Waals surface area contributed by atoms with E-state index in [4.69, 9.17) is 5.73 Å². The zero-order chi connectivity index (χ0) is 13.2. The fourth-order valence-corrected chi connectivity index (χ4v) is 3.06. The van der Waals surface area contributed by atoms with Gasteiger partial charge >= 0.3 is 0 Å². The summed E-state index contributed by atoms with van der Waals surface area (Å²) in [4.78, 5) is 4.59. The Morgan fingerprint density at radius 3 is 3.00 bits per heavy atom. The van der Waals surface area contributed by atoms with Crippen molar-refractivity contribution in [3.8, 4) is 0 Å². The van der Waals surface area contributed by atoms with E-state index >= 15 is 0 Å². The third kappa shape index (κ3) is 2.65. The monoisotopic (exact) mass is 258 g/mol. The van der Waals surface area contributed by atoms with E-state index in [1.54, 1.807) is 0 Å². The van der Waals surface area contributed by atoms with Crippen LogP contribution in [0.3, 0.4) is 0 Å². The van der Waals surface area contributed by atoms with E-state index in [0.717, 1.165) is 37.3 Å². The van der Waals surface area contributed by atoms with Crippen molar-refractivity contribution in [2.24, 2.45) is 5.73 Å². The maximum atomic E-state index is 5.93. The molecular formula is C15H22N4. The van der Waals surface area contributed by atoms with Crippen LogP contribution >= 0.6 is 0 Å². The number of fused-ring (bicyclic) bond motifs is 1. The molecule has 0 amide bonds. The van der Waals surface area contributed by atoms with Gasteiger partial charge < -0.3 is 15.6 Å². The van der Waals surface area contributed by atoms with Crippen molar-refractivity contribution < 1.29 is 0 Å². The molecule has 3 N–H and O–H groups in total. The highest BCUT2D eigenvalue weighted by Gasteiger charge is 2.20. The number of hydrogen-bond acceptors (Lipinski definition) is 3. The van der Waals surface area contributed by atoms with E-state index in [0.29, 0.717) is 12.1 Å². The van der Waals surface area contributed by atoms with E-state index in [1.165, 1.54) is 11.9 Å². The molecule has 1 saturated carbocycles. The smallest absolute Gasteiger partial charge is 0.106 e. The van der Waals surface area contributed by atoms with Crippen LogP contribution < -0.4 is 11.1 Å². The number of benzene rings is 1. The molecule has 4 heteroatoms. The van der Waals surface area contributed by atoms with Gasteiger partial charge in [-0.2, -0.15) is 0 Å². The average molecular weight is 258 g/mol. The number of rotatable bonds is 4. The molecule has 102 valence electrons. The molecule has 0 bridgehead atoms. The number of nitrogens with one attached hydrogen (secondary N) is 1. The number of nitrogens with zero attached hydrogens (tertiary/aromatic N) is 2. The molecule has 0 aliphatic heterocycles. The van der Waals surface area contributed by atoms with Gasteiger partial charge in [0.15, 0.2) is 0 Å². The average Bonchev–Trinajstić information content (AvgIpc) is 2.94. The third-order valence-electron chi connectivity index (χ3n) is 4.09. The van der Waals surface area contributed by atoms with Gasteiger partial charge in [-0.05, 0) is 38.3 Å². The second-order valence-electron chi connectivity index (χ2n) is 5.52. The van der Waals surface area contributed by atoms with Crippen molar-refractivity contribution in [2.75, 3.05) is 6.54 Å². The maximum absolute atomic E-state index is 5.93. The Morgan fingerprint density at radius 1 is 1.37 bits per heavy atom. The van der Waals surface area contributed by atoms with Gasteiger partial charge in [0, 0.05) is 25.2 Å². The highest BCUT2D eigenvalue weighted by atomic mass is 15.1. The molecule has 1 fully saturated rings. The molecule has 2 atom stereocenters. The van der Waals surface area contributed by atoms with Crippen LogP contribution in [-0.4, -0.2) is 28.2 Å². The zero-order valence-electron chi connectivity index (χ0n) is 11.5. The second-order valence-corrected chi connectivity index (χ2v) is 5.52. The topological polar surface area (TPSA) is 55.9 Å². The quantitative estimate of drug-likeness (QED) is 0.879. The number of aryl methyl sites for hydroxylation is 1. The molecule has 1 aromatic carbocycles. The molecule has 19 heavy (non-hydrogen) atoms. The lowest BCUT2D eigenvalue weighted by molar-refractivity contribution is 0.492. The first-order valence-electron chi connectivity index (χ1n) is 7.15. The normalized spacial score (nSPS) is 23.3. The van der Waals surface area contributed by atoms with Crippen molar-refractivity contribution in [2.45, 2.75) is 44.8 Å². The summed E-state index contributed by atoms with van der Waals surface area (Å²) in [7, 11) is 0. The second kappa shape index (κ2) is 5.31. The standard InChI is InChI=1S/C15H22N4/c1-11-18-14-4-2-3-5-15(14)19(11)9-8-17-13-7-6-12(16)10-13/h2-5,12-13,17H,6-10,16H2,1H3. The predicted octanol–water partition coefficient (Wildman–Crippen LogP) is 1.81. The minimum atomic E-state index is 0.397. The number of nitrogens with two attached hydrogens (primary N) is 1. The predicted molar refractivity (Wildman–Crippen MR) is 78.1 cm³/mol. The fourth-order valence-electron chi connectivity index (χ4n) is 3.06. The zero-order valence-corrected chi connectivity index (χ0v) is 11.5. The maximum Gasteiger partial charge on any atom is 0.106 e. The van der Waals surface area contributed by atoms with E-state index in [1.807, 2.05) is 6.07 Å². The summed E-state index contributed by atoms with van der Waals surface area (Å²) in [6, 6.07) is 9.32. The third-order valence-corrected chi connectivity index (χ3v) is 4.09. The summed E-state index contributed by atoms with van der Waals surface area (Å²) in [6.07, 6.45) is 3.49. The lowest BCUT2D eigenvalue weighted by Crippen LogP contribution is -2.31. The van der Waals surface area contributed by atoms with Gasteiger partial charge in [-0.1, -0.05) is 12.1 Å². The first-order chi connectivity index (χ1) is 9.24. The molecule has 1 aliphatic rings. The van der Waals surface area contributed by atoms with Gasteiger partial charge in [0.1, 0.15) is 5.82 Å². The van der Waals surface area contributed by atoms with Gasteiger partial charge in [0.2, 0.25) is 0 Å². The minimum Gasteiger partial charge on any atom is -0.328 e. The molecule has 4 nitrogen and oxygen atoms in total. The van der Waals surface area contributed by atoms with Gasteiger partial charge in [-0.25, -0.2) is 4.98 Å². The summed E-state index contributed by atoms with van der Waals surface area (Å²) in [6.45, 7) is 4.03. The highest BCUT2D eigenvalue weighted by molar-refractivity contribution is 5.75. The van der Waals surface area contributed by atoms with Gasteiger partial charge in [-0.3, -0.25) is 0 Å². The molecule has 2 unspecified atom stereocenters. The van der Waals surface area contributed by atoms with Gasteiger partial charge in [0.05, 0.1) is 11.0 Å². The van der Waals surface area contributed by atoms with Crippen LogP contribution in [0, 0.1) is 6.92 Å². The molecule has 1 aliphatic carbocycles. The Labute approximate surface area is 114 Å². The lowest BCUT2D eigenvalue weighted by Gasteiger charge is -2.13. The van der Waals surface area contributed by atoms with Gasteiger partial charge in [-0.15, -0.1) is 0 Å². The van der Waals surface area contributed by atoms with Crippen LogP contribution in [0.5, 0.6) is 0 Å². The molecule has 3 rings (SSSR count). The largest absolute Gasteiger partial charge is 0.328 e. The number of imidazole rings is 1. The van der Waals surface area contributed by atoms with Crippen LogP contribution in [0.25, 0.3) is 11.0 Å². The van der Waals surface area contributed by atoms with E-state index in [2.05, 4.69) is 40.0 Å². The summed E-state index contributed by atoms with van der Waals surface area (Å²) >= 11 is 0. The Hall–Kier alpha value is -1.39. The molecule has 0 saturated heterocycles. The van der Waals surface area contributed by atoms with Crippen molar-refractivity contribution in [3.63, 3.8) is 0 Å². The minimum absolute atomic E-state index is 0.397. The number of hydrogen-bond donors (Lipinski definition) is 2. The summed E-state index contributed by atoms with van der Waals surface area (Å²) < 4.78 is 2.29. The van der Waals surface area contributed by atoms with Crippen LogP contribution in [0.1, 0.15) is 25.1 Å². The Bertz CT molecular complexity index is 560. The Balaban J connectivity index is 1.63. The van der Waals surface area contributed by atoms with E-state index < -0.39 is 0 Å². The first-order valence-corrected chi connectivity index (χ1v) is 7.15. The van der Waals surface area contributed by atoms with Crippen LogP contribution in [0.2, 0.25) is 0 Å². The number of aromatic nitrogens is 2. The Kier molecular flexibility index (Phi) is 3.53. The first kappa shape index (κ1) is 12.6. The molecule has 2 aromatic rings. The molecule has 1 heterocycles. The van der Waals surface area contributed by atoms with Crippen molar-refractivity contribution in [1.29, 1.82) is 0 Å². The molecule has 0 spiro atoms. The SMILES string of the molecule is Cc1nc2ccccc2n1CCNC1CCC(N)C1. The van der Waals surface area contributed by atoms with Crippen molar-refractivity contribution in [1.82, 2.24) is 14.9 Å². The van der Waals surface area contributed by atoms with E-state index in [-0.39, 0.29) is 0 Å². The van der Waals surface area contributed by atoms with Crippen molar-refractivity contribution >= 4 is 11.0 Å². The highest BCUT2D eigenvalue weighted by Crippen LogP contribution is 2.17. The molecule has 1 aromatic heterocycles. The fraction of sp³-hybridized carbons (Fsp3) is 0.533. The van der Waals surface area contributed by atoms with Crippen LogP contribution in [0.4, 0.5) is 0 Å². The van der Waals surface area contributed by atoms with Crippen molar-refractivity contribution in [3.05, 3.63) is 30.1 Å². The molecule has 0 radical (unpaired) electrons. The number of para-hydroxylation sites is 2. The lowest BCUT2D eigenvalue weighted by atomic mass is 10.2. The summed E-state index contributed by atoms with van der Waals surface area (Å²) in [5.41, 5.74) is 8.25. The van der Waals surface area contributed by atoms with Crippen LogP contribution in [0.15, 0.2) is 24.3 Å². The molecular weight excluding hydrogens is 236 g/mol. The van der Waals surface area contributed by atoms with E-state index in [9.17, 15) is 0 Å². The van der Waals surface area contributed by atoms with Crippen LogP contribution in [-0.2, 0) is 6.54 Å². The van der Waals surface area contributed by atoms with Gasteiger partial charge in [0.25, 0.3) is 0 Å². The summed E-state index contributed by atoms with van der Waals surface area (Å²) in [5, 5.41) is 3.61.